The molecule has 0 bridgehead atoms. The molecular weight excluding hydrogens is 262 g/mol. The topological polar surface area (TPSA) is 29.5 Å². The van der Waals surface area contributed by atoms with Crippen molar-refractivity contribution in [3.8, 4) is 5.75 Å². The highest BCUT2D eigenvalue weighted by Gasteiger charge is 2.22. The predicted octanol–water partition coefficient (Wildman–Crippen LogP) is 3.44. The molecular formula is C18H25NO2. The highest BCUT2D eigenvalue weighted by molar-refractivity contribution is 5.77. The summed E-state index contributed by atoms with van der Waals surface area (Å²) in [4.78, 5) is 13.9. The highest BCUT2D eigenvalue weighted by Crippen LogP contribution is 2.22. The number of amides is 1. The standard InChI is InChI=1S/C18H25NO2/c1-3-5-18(20)19-13-4-6-16(14-19)8-7-15-9-11-17(21-2)12-10-15/h3,9-12,16H,1,4-8,13-14H2,2H3. The van der Waals surface area contributed by atoms with Gasteiger partial charge in [0.25, 0.3) is 0 Å². The smallest absolute Gasteiger partial charge is 0.226 e. The van der Waals surface area contributed by atoms with E-state index < -0.39 is 0 Å². The van der Waals surface area contributed by atoms with E-state index in [9.17, 15) is 4.79 Å². The van der Waals surface area contributed by atoms with E-state index in [1.54, 1.807) is 13.2 Å². The number of benzene rings is 1. The van der Waals surface area contributed by atoms with Crippen molar-refractivity contribution in [2.45, 2.75) is 32.1 Å². The van der Waals surface area contributed by atoms with E-state index in [2.05, 4.69) is 18.7 Å². The number of nitrogens with zero attached hydrogens (tertiary/aromatic N) is 1. The van der Waals surface area contributed by atoms with Crippen molar-refractivity contribution >= 4 is 5.91 Å². The van der Waals surface area contributed by atoms with Crippen LogP contribution in [0.15, 0.2) is 36.9 Å². The molecule has 0 N–H and O–H groups in total. The summed E-state index contributed by atoms with van der Waals surface area (Å²) in [5.74, 6) is 1.74. The molecule has 0 radical (unpaired) electrons. The number of aryl methyl sites for hydroxylation is 1. The Hall–Kier alpha value is -1.77. The van der Waals surface area contributed by atoms with Gasteiger partial charge in [0.2, 0.25) is 5.91 Å². The molecule has 1 aliphatic heterocycles. The fraction of sp³-hybridized carbons (Fsp3) is 0.500. The molecule has 2 rings (SSSR count). The number of methoxy groups -OCH3 is 1. The van der Waals surface area contributed by atoms with Gasteiger partial charge >= 0.3 is 0 Å². The van der Waals surface area contributed by atoms with Gasteiger partial charge in [0.1, 0.15) is 5.75 Å². The molecule has 0 spiro atoms. The summed E-state index contributed by atoms with van der Waals surface area (Å²) in [6, 6.07) is 8.27. The van der Waals surface area contributed by atoms with Crippen molar-refractivity contribution < 1.29 is 9.53 Å². The minimum Gasteiger partial charge on any atom is -0.497 e. The Bertz CT molecular complexity index is 467. The SMILES string of the molecule is C=CCC(=O)N1CCCC(CCc2ccc(OC)cc2)C1. The van der Waals surface area contributed by atoms with Crippen molar-refractivity contribution in [2.24, 2.45) is 5.92 Å². The molecule has 1 aliphatic rings. The Morgan fingerprint density at radius 1 is 1.43 bits per heavy atom. The molecule has 1 fully saturated rings. The predicted molar refractivity (Wildman–Crippen MR) is 85.4 cm³/mol. The third-order valence-electron chi connectivity index (χ3n) is 4.19. The van der Waals surface area contributed by atoms with E-state index in [0.717, 1.165) is 38.1 Å². The molecule has 21 heavy (non-hydrogen) atoms. The number of carbonyl (C=O) groups excluding carboxylic acids is 1. The van der Waals surface area contributed by atoms with Crippen molar-refractivity contribution in [1.82, 2.24) is 4.90 Å². The average molecular weight is 287 g/mol. The molecule has 1 amide bonds. The molecule has 1 saturated heterocycles. The number of ether oxygens (including phenoxy) is 1. The summed E-state index contributed by atoms with van der Waals surface area (Å²) in [5, 5.41) is 0. The Labute approximate surface area is 127 Å². The van der Waals surface area contributed by atoms with E-state index in [0.29, 0.717) is 12.3 Å². The van der Waals surface area contributed by atoms with E-state index in [4.69, 9.17) is 4.74 Å². The van der Waals surface area contributed by atoms with Gasteiger partial charge < -0.3 is 9.64 Å². The van der Waals surface area contributed by atoms with Gasteiger partial charge in [-0.05, 0) is 49.3 Å². The van der Waals surface area contributed by atoms with Crippen molar-refractivity contribution in [2.75, 3.05) is 20.2 Å². The minimum atomic E-state index is 0.221. The molecule has 0 aliphatic carbocycles. The van der Waals surface area contributed by atoms with Gasteiger partial charge in [-0.25, -0.2) is 0 Å². The number of likely N-dealkylation sites (tertiary alicyclic amines) is 1. The molecule has 0 aromatic heterocycles. The fourth-order valence-corrected chi connectivity index (χ4v) is 2.94. The lowest BCUT2D eigenvalue weighted by Gasteiger charge is -2.32. The minimum absolute atomic E-state index is 0.221. The van der Waals surface area contributed by atoms with Crippen molar-refractivity contribution in [3.63, 3.8) is 0 Å². The van der Waals surface area contributed by atoms with Crippen molar-refractivity contribution in [1.29, 1.82) is 0 Å². The molecule has 1 atom stereocenters. The monoisotopic (exact) mass is 287 g/mol. The second kappa shape index (κ2) is 7.87. The first-order valence-electron chi connectivity index (χ1n) is 7.74. The molecule has 1 unspecified atom stereocenters. The summed E-state index contributed by atoms with van der Waals surface area (Å²) in [6.45, 7) is 5.46. The molecule has 1 heterocycles. The lowest BCUT2D eigenvalue weighted by Crippen LogP contribution is -2.39. The highest BCUT2D eigenvalue weighted by atomic mass is 16.5. The summed E-state index contributed by atoms with van der Waals surface area (Å²) >= 11 is 0. The van der Waals surface area contributed by atoms with Crippen LogP contribution in [0.1, 0.15) is 31.2 Å². The lowest BCUT2D eigenvalue weighted by atomic mass is 9.91. The fourth-order valence-electron chi connectivity index (χ4n) is 2.94. The molecule has 1 aromatic carbocycles. The maximum absolute atomic E-state index is 11.9. The van der Waals surface area contributed by atoms with Crippen molar-refractivity contribution in [3.05, 3.63) is 42.5 Å². The van der Waals surface area contributed by atoms with Crippen LogP contribution in [0.5, 0.6) is 5.75 Å². The quantitative estimate of drug-likeness (QED) is 0.750. The Balaban J connectivity index is 1.81. The molecule has 1 aromatic rings. The zero-order valence-corrected chi connectivity index (χ0v) is 12.9. The van der Waals surface area contributed by atoms with Crippen LogP contribution in [0.3, 0.4) is 0 Å². The summed E-state index contributed by atoms with van der Waals surface area (Å²) in [5.41, 5.74) is 1.34. The number of rotatable bonds is 6. The van der Waals surface area contributed by atoms with Crippen LogP contribution in [0.4, 0.5) is 0 Å². The second-order valence-corrected chi connectivity index (χ2v) is 5.73. The van der Waals surface area contributed by atoms with Gasteiger partial charge in [0.05, 0.1) is 7.11 Å². The van der Waals surface area contributed by atoms with Crippen LogP contribution < -0.4 is 4.74 Å². The van der Waals surface area contributed by atoms with Crippen LogP contribution in [0.25, 0.3) is 0 Å². The number of carbonyl (C=O) groups is 1. The first kappa shape index (κ1) is 15.6. The third kappa shape index (κ3) is 4.62. The van der Waals surface area contributed by atoms with Crippen LogP contribution in [-0.4, -0.2) is 31.0 Å². The number of hydrogen-bond acceptors (Lipinski definition) is 2. The third-order valence-corrected chi connectivity index (χ3v) is 4.19. The molecule has 114 valence electrons. The summed E-state index contributed by atoms with van der Waals surface area (Å²) < 4.78 is 5.17. The van der Waals surface area contributed by atoms with Gasteiger partial charge in [-0.2, -0.15) is 0 Å². The van der Waals surface area contributed by atoms with Crippen LogP contribution in [0.2, 0.25) is 0 Å². The van der Waals surface area contributed by atoms with E-state index >= 15 is 0 Å². The van der Waals surface area contributed by atoms with Crippen LogP contribution in [0, 0.1) is 5.92 Å². The number of piperidine rings is 1. The Morgan fingerprint density at radius 2 is 2.19 bits per heavy atom. The Morgan fingerprint density at radius 3 is 2.86 bits per heavy atom. The molecule has 3 nitrogen and oxygen atoms in total. The van der Waals surface area contributed by atoms with E-state index in [1.807, 2.05) is 17.0 Å². The van der Waals surface area contributed by atoms with E-state index in [1.165, 1.54) is 12.0 Å². The van der Waals surface area contributed by atoms with Gasteiger partial charge in [-0.3, -0.25) is 4.79 Å². The molecule has 0 saturated carbocycles. The molecule has 3 heteroatoms. The Kier molecular flexibility index (Phi) is 5.85. The largest absolute Gasteiger partial charge is 0.497 e. The van der Waals surface area contributed by atoms with Gasteiger partial charge in [-0.15, -0.1) is 6.58 Å². The lowest BCUT2D eigenvalue weighted by molar-refractivity contribution is -0.132. The second-order valence-electron chi connectivity index (χ2n) is 5.73. The summed E-state index contributed by atoms with van der Waals surface area (Å²) in [6.07, 6.45) is 6.72. The average Bonchev–Trinajstić information content (AvgIpc) is 2.54. The maximum atomic E-state index is 11.9. The van der Waals surface area contributed by atoms with Crippen LogP contribution in [-0.2, 0) is 11.2 Å². The van der Waals surface area contributed by atoms with Gasteiger partial charge in [0.15, 0.2) is 0 Å². The van der Waals surface area contributed by atoms with Gasteiger partial charge in [0, 0.05) is 19.5 Å². The first-order chi connectivity index (χ1) is 10.2. The zero-order chi connectivity index (χ0) is 15.1. The van der Waals surface area contributed by atoms with E-state index in [-0.39, 0.29) is 5.91 Å². The maximum Gasteiger partial charge on any atom is 0.226 e. The number of hydrogen-bond donors (Lipinski definition) is 0. The first-order valence-corrected chi connectivity index (χ1v) is 7.74. The summed E-state index contributed by atoms with van der Waals surface area (Å²) in [7, 11) is 1.69. The zero-order valence-electron chi connectivity index (χ0n) is 12.9. The van der Waals surface area contributed by atoms with Gasteiger partial charge in [-0.1, -0.05) is 18.2 Å². The van der Waals surface area contributed by atoms with Crippen LogP contribution >= 0.6 is 0 Å². The normalized spacial score (nSPS) is 18.3.